The highest BCUT2D eigenvalue weighted by Gasteiger charge is 2.20. The Hall–Kier alpha value is -4.89. The van der Waals surface area contributed by atoms with Crippen molar-refractivity contribution < 1.29 is 15.0 Å². The van der Waals surface area contributed by atoms with E-state index in [1.54, 1.807) is 12.1 Å². The molecule has 0 amide bonds. The molecule has 6 rings (SSSR count). The van der Waals surface area contributed by atoms with Gasteiger partial charge in [-0.15, -0.1) is 0 Å². The van der Waals surface area contributed by atoms with Gasteiger partial charge < -0.3 is 10.2 Å². The molecule has 0 unspecified atom stereocenters. The Morgan fingerprint density at radius 3 is 1.19 bits per heavy atom. The summed E-state index contributed by atoms with van der Waals surface area (Å²) in [6.07, 6.45) is 0. The number of ketones is 1. The zero-order valence-electron chi connectivity index (χ0n) is 19.3. The number of fused-ring (bicyclic) bond motifs is 2. The molecule has 0 aliphatic carbocycles. The molecule has 0 fully saturated rings. The first-order chi connectivity index (χ1) is 17.6. The lowest BCUT2D eigenvalue weighted by atomic mass is 9.87. The third kappa shape index (κ3) is 3.50. The molecule has 0 saturated heterocycles. The summed E-state index contributed by atoms with van der Waals surface area (Å²) < 4.78 is 0. The molecular weight excluding hydrogens is 444 g/mol. The van der Waals surface area contributed by atoms with Crippen LogP contribution in [0.4, 0.5) is 0 Å². The third-order valence-electron chi connectivity index (χ3n) is 6.73. The Balaban J connectivity index is 1.55. The molecule has 0 atom stereocenters. The Labute approximate surface area is 208 Å². The van der Waals surface area contributed by atoms with Crippen LogP contribution in [0.5, 0.6) is 11.5 Å². The van der Waals surface area contributed by atoms with Crippen LogP contribution < -0.4 is 0 Å². The van der Waals surface area contributed by atoms with Gasteiger partial charge in [-0.25, -0.2) is 0 Å². The van der Waals surface area contributed by atoms with Gasteiger partial charge in [0.05, 0.1) is 0 Å². The molecular formula is C33H22O3. The van der Waals surface area contributed by atoms with Crippen molar-refractivity contribution in [1.82, 2.24) is 0 Å². The van der Waals surface area contributed by atoms with Gasteiger partial charge in [0, 0.05) is 21.9 Å². The van der Waals surface area contributed by atoms with Gasteiger partial charge in [-0.1, -0.05) is 109 Å². The Morgan fingerprint density at radius 2 is 0.750 bits per heavy atom. The molecule has 0 aliphatic heterocycles. The Bertz CT molecular complexity index is 1650. The van der Waals surface area contributed by atoms with Crippen LogP contribution in [0, 0.1) is 0 Å². The summed E-state index contributed by atoms with van der Waals surface area (Å²) in [6, 6.07) is 37.6. The number of hydrogen-bond donors (Lipinski definition) is 2. The number of carbonyl (C=O) groups excluding carboxylic acids is 1. The zero-order chi connectivity index (χ0) is 24.6. The van der Waals surface area contributed by atoms with Crippen molar-refractivity contribution in [3.8, 4) is 33.8 Å². The molecule has 0 bridgehead atoms. The second kappa shape index (κ2) is 8.71. The second-order valence-corrected chi connectivity index (χ2v) is 8.78. The maximum atomic E-state index is 14.1. The van der Waals surface area contributed by atoms with Crippen LogP contribution in [0.15, 0.2) is 121 Å². The summed E-state index contributed by atoms with van der Waals surface area (Å²) in [5, 5.41) is 24.0. The van der Waals surface area contributed by atoms with E-state index in [2.05, 4.69) is 0 Å². The van der Waals surface area contributed by atoms with Gasteiger partial charge in [-0.2, -0.15) is 0 Å². The van der Waals surface area contributed by atoms with E-state index < -0.39 is 0 Å². The standard InChI is InChI=1S/C33H22O3/c34-31-19-17-25(21-9-1-5-13-27(21)31)23-11-3-7-15-29(23)33(36)30-16-8-4-12-24(30)26-18-20-32(35)28-14-6-2-10-22(26)28/h1-20,34-35H. The first kappa shape index (κ1) is 21.6. The van der Waals surface area contributed by atoms with Crippen LogP contribution in [0.1, 0.15) is 15.9 Å². The topological polar surface area (TPSA) is 57.5 Å². The minimum atomic E-state index is -0.0875. The Kier molecular flexibility index (Phi) is 5.24. The van der Waals surface area contributed by atoms with Gasteiger partial charge in [-0.3, -0.25) is 4.79 Å². The average Bonchev–Trinajstić information content (AvgIpc) is 2.94. The van der Waals surface area contributed by atoms with Crippen LogP contribution in [0.3, 0.4) is 0 Å². The Morgan fingerprint density at radius 1 is 0.389 bits per heavy atom. The van der Waals surface area contributed by atoms with E-state index in [-0.39, 0.29) is 17.3 Å². The zero-order valence-corrected chi connectivity index (χ0v) is 19.3. The minimum Gasteiger partial charge on any atom is -0.507 e. The fourth-order valence-electron chi connectivity index (χ4n) is 5.01. The predicted molar refractivity (Wildman–Crippen MR) is 146 cm³/mol. The molecule has 2 N–H and O–H groups in total. The molecule has 0 aromatic heterocycles. The monoisotopic (exact) mass is 466 g/mol. The quantitative estimate of drug-likeness (QED) is 0.259. The first-order valence-corrected chi connectivity index (χ1v) is 11.8. The molecule has 0 aliphatic rings. The number of phenols is 2. The van der Waals surface area contributed by atoms with Gasteiger partial charge in [0.25, 0.3) is 0 Å². The number of benzene rings is 6. The van der Waals surface area contributed by atoms with Crippen molar-refractivity contribution in [2.24, 2.45) is 0 Å². The van der Waals surface area contributed by atoms with Gasteiger partial charge in [0.15, 0.2) is 5.78 Å². The summed E-state index contributed by atoms with van der Waals surface area (Å²) in [7, 11) is 0. The molecule has 172 valence electrons. The summed E-state index contributed by atoms with van der Waals surface area (Å²) in [5.41, 5.74) is 4.57. The molecule has 0 spiro atoms. The van der Waals surface area contributed by atoms with E-state index in [1.807, 2.05) is 109 Å². The number of carbonyl (C=O) groups is 1. The van der Waals surface area contributed by atoms with Crippen molar-refractivity contribution in [3.63, 3.8) is 0 Å². The molecule has 0 saturated carbocycles. The van der Waals surface area contributed by atoms with E-state index in [1.165, 1.54) is 0 Å². The largest absolute Gasteiger partial charge is 0.507 e. The highest BCUT2D eigenvalue weighted by Crippen LogP contribution is 2.39. The van der Waals surface area contributed by atoms with Crippen molar-refractivity contribution in [3.05, 3.63) is 132 Å². The van der Waals surface area contributed by atoms with Crippen LogP contribution in [0.25, 0.3) is 43.8 Å². The van der Waals surface area contributed by atoms with Gasteiger partial charge in [0.2, 0.25) is 0 Å². The smallest absolute Gasteiger partial charge is 0.194 e. The van der Waals surface area contributed by atoms with Crippen LogP contribution in [-0.2, 0) is 0 Å². The van der Waals surface area contributed by atoms with Gasteiger partial charge >= 0.3 is 0 Å². The van der Waals surface area contributed by atoms with E-state index in [0.717, 1.165) is 43.8 Å². The van der Waals surface area contributed by atoms with Crippen LogP contribution in [-0.4, -0.2) is 16.0 Å². The van der Waals surface area contributed by atoms with Crippen molar-refractivity contribution >= 4 is 27.3 Å². The second-order valence-electron chi connectivity index (χ2n) is 8.78. The molecule has 6 aromatic carbocycles. The first-order valence-electron chi connectivity index (χ1n) is 11.8. The summed E-state index contributed by atoms with van der Waals surface area (Å²) in [5.74, 6) is 0.334. The minimum absolute atomic E-state index is 0.0875. The van der Waals surface area contributed by atoms with E-state index in [0.29, 0.717) is 11.1 Å². The normalized spacial score (nSPS) is 11.1. The predicted octanol–water partition coefficient (Wildman–Crippen LogP) is 7.97. The highest BCUT2D eigenvalue weighted by atomic mass is 16.3. The van der Waals surface area contributed by atoms with Crippen molar-refractivity contribution in [2.75, 3.05) is 0 Å². The average molecular weight is 467 g/mol. The molecule has 6 aromatic rings. The third-order valence-corrected chi connectivity index (χ3v) is 6.73. The van der Waals surface area contributed by atoms with Crippen LogP contribution in [0.2, 0.25) is 0 Å². The van der Waals surface area contributed by atoms with Gasteiger partial charge in [-0.05, 0) is 45.2 Å². The lowest BCUT2D eigenvalue weighted by molar-refractivity contribution is 0.104. The number of aromatic hydroxyl groups is 2. The SMILES string of the molecule is O=C(c1ccccc1-c1ccc(O)c2ccccc12)c1ccccc1-c1ccc(O)c2ccccc12. The molecule has 3 heteroatoms. The van der Waals surface area contributed by atoms with Crippen molar-refractivity contribution in [1.29, 1.82) is 0 Å². The van der Waals surface area contributed by atoms with Crippen LogP contribution >= 0.6 is 0 Å². The summed E-state index contributed by atoms with van der Waals surface area (Å²) in [4.78, 5) is 14.1. The molecule has 3 nitrogen and oxygen atoms in total. The molecule has 36 heavy (non-hydrogen) atoms. The van der Waals surface area contributed by atoms with E-state index in [9.17, 15) is 15.0 Å². The lowest BCUT2D eigenvalue weighted by Gasteiger charge is -2.15. The number of hydrogen-bond acceptors (Lipinski definition) is 3. The van der Waals surface area contributed by atoms with E-state index in [4.69, 9.17) is 0 Å². The van der Waals surface area contributed by atoms with E-state index >= 15 is 0 Å². The fraction of sp³-hybridized carbons (Fsp3) is 0. The van der Waals surface area contributed by atoms with Gasteiger partial charge in [0.1, 0.15) is 11.5 Å². The molecule has 0 heterocycles. The lowest BCUT2D eigenvalue weighted by Crippen LogP contribution is -2.06. The highest BCUT2D eigenvalue weighted by molar-refractivity contribution is 6.18. The number of rotatable bonds is 4. The molecule has 0 radical (unpaired) electrons. The summed E-state index contributed by atoms with van der Waals surface area (Å²) >= 11 is 0. The van der Waals surface area contributed by atoms with Crippen molar-refractivity contribution in [2.45, 2.75) is 0 Å². The maximum Gasteiger partial charge on any atom is 0.194 e. The fourth-order valence-corrected chi connectivity index (χ4v) is 5.01. The number of phenolic OH excluding ortho intramolecular Hbond substituents is 2. The summed E-state index contributed by atoms with van der Waals surface area (Å²) in [6.45, 7) is 0. The maximum absolute atomic E-state index is 14.1.